The average Bonchev–Trinajstić information content (AvgIpc) is 2.85. The molecule has 0 aromatic heterocycles. The number of carbonyl (C=O) groups is 1. The molecule has 1 aliphatic rings. The quantitative estimate of drug-likeness (QED) is 0.843. The lowest BCUT2D eigenvalue weighted by Crippen LogP contribution is -2.16. The molecular formula is C17H14BrFN2O. The fourth-order valence-corrected chi connectivity index (χ4v) is 2.87. The lowest BCUT2D eigenvalue weighted by molar-refractivity contribution is 0.102. The molecule has 0 saturated heterocycles. The van der Waals surface area contributed by atoms with Gasteiger partial charge in [0.05, 0.1) is 12.1 Å². The normalized spacial score (nSPS) is 12.8. The number of carbonyl (C=O) groups excluding carboxylic acids is 1. The molecule has 1 amide bonds. The molecule has 22 heavy (non-hydrogen) atoms. The molecule has 0 fully saturated rings. The van der Waals surface area contributed by atoms with E-state index in [1.165, 1.54) is 6.07 Å². The molecule has 1 aliphatic heterocycles. The molecule has 2 aromatic rings. The molecule has 5 heteroatoms. The number of nitrogens with zero attached hydrogens (tertiary/aromatic N) is 1. The molecule has 1 heterocycles. The van der Waals surface area contributed by atoms with E-state index < -0.39 is 11.7 Å². The summed E-state index contributed by atoms with van der Waals surface area (Å²) in [4.78, 5) is 16.7. The van der Waals surface area contributed by atoms with Crippen molar-refractivity contribution >= 4 is 33.2 Å². The van der Waals surface area contributed by atoms with E-state index in [9.17, 15) is 9.18 Å². The summed E-state index contributed by atoms with van der Waals surface area (Å²) in [5.74, 6) is -0.985. The maximum absolute atomic E-state index is 14.0. The monoisotopic (exact) mass is 360 g/mol. The molecule has 0 bridgehead atoms. The molecule has 0 atom stereocenters. The zero-order chi connectivity index (χ0) is 15.9. The number of hydrogen-bond acceptors (Lipinski definition) is 2. The highest BCUT2D eigenvalue weighted by Gasteiger charge is 2.18. The van der Waals surface area contributed by atoms with Gasteiger partial charge < -0.3 is 5.32 Å². The van der Waals surface area contributed by atoms with Crippen molar-refractivity contribution in [2.75, 3.05) is 5.32 Å². The van der Waals surface area contributed by atoms with Crippen LogP contribution in [0.2, 0.25) is 0 Å². The fraction of sp³-hybridized carbons (Fsp3) is 0.176. The van der Waals surface area contributed by atoms with Crippen LogP contribution in [0.3, 0.4) is 0 Å². The first-order valence-electron chi connectivity index (χ1n) is 6.87. The third-order valence-electron chi connectivity index (χ3n) is 3.82. The number of amides is 1. The van der Waals surface area contributed by atoms with Crippen LogP contribution in [-0.4, -0.2) is 11.6 Å². The Morgan fingerprint density at radius 1 is 1.27 bits per heavy atom. The summed E-state index contributed by atoms with van der Waals surface area (Å²) in [6.45, 7) is 4.33. The van der Waals surface area contributed by atoms with Gasteiger partial charge in [-0.25, -0.2) is 4.39 Å². The van der Waals surface area contributed by atoms with E-state index in [1.807, 2.05) is 25.1 Å². The van der Waals surface area contributed by atoms with Gasteiger partial charge in [-0.05, 0) is 49.2 Å². The van der Waals surface area contributed by atoms with E-state index in [2.05, 4.69) is 26.2 Å². The molecule has 3 rings (SSSR count). The van der Waals surface area contributed by atoms with Crippen LogP contribution in [0.4, 0.5) is 10.1 Å². The van der Waals surface area contributed by atoms with E-state index in [4.69, 9.17) is 0 Å². The van der Waals surface area contributed by atoms with Crippen molar-refractivity contribution in [1.82, 2.24) is 0 Å². The second kappa shape index (κ2) is 5.65. The Morgan fingerprint density at radius 3 is 2.82 bits per heavy atom. The van der Waals surface area contributed by atoms with E-state index >= 15 is 0 Å². The van der Waals surface area contributed by atoms with E-state index in [-0.39, 0.29) is 5.56 Å². The molecule has 2 aromatic carbocycles. The van der Waals surface area contributed by atoms with Crippen molar-refractivity contribution in [2.24, 2.45) is 4.99 Å². The predicted octanol–water partition coefficient (Wildman–Crippen LogP) is 4.47. The maximum Gasteiger partial charge on any atom is 0.258 e. The van der Waals surface area contributed by atoms with Gasteiger partial charge in [0.25, 0.3) is 5.91 Å². The fourth-order valence-electron chi connectivity index (χ4n) is 2.54. The number of halogens is 2. The number of aliphatic imine (C=N–C) groups is 1. The number of anilines is 1. The van der Waals surface area contributed by atoms with Crippen molar-refractivity contribution in [3.8, 4) is 0 Å². The molecule has 0 saturated carbocycles. The van der Waals surface area contributed by atoms with Gasteiger partial charge >= 0.3 is 0 Å². The second-order valence-corrected chi connectivity index (χ2v) is 6.11. The standard InChI is InChI=1S/C17H14BrFN2O/c1-9-14(18)5-6-15(19)16(9)17(22)21-12-4-3-11-8-20-10(2)13(11)7-12/h3-7H,8H2,1-2H3,(H,21,22). The SMILES string of the molecule is CC1=NCc2ccc(NC(=O)c3c(F)ccc(Br)c3C)cc21. The van der Waals surface area contributed by atoms with Crippen LogP contribution >= 0.6 is 15.9 Å². The number of nitrogens with one attached hydrogen (secondary N) is 1. The van der Waals surface area contributed by atoms with E-state index in [1.54, 1.807) is 13.0 Å². The number of fused-ring (bicyclic) bond motifs is 1. The Labute approximate surface area is 136 Å². The summed E-state index contributed by atoms with van der Waals surface area (Å²) >= 11 is 3.32. The third-order valence-corrected chi connectivity index (χ3v) is 4.68. The summed E-state index contributed by atoms with van der Waals surface area (Å²) in [7, 11) is 0. The van der Waals surface area contributed by atoms with Gasteiger partial charge in [0.1, 0.15) is 5.82 Å². The van der Waals surface area contributed by atoms with Crippen LogP contribution in [0.1, 0.15) is 34.0 Å². The Kier molecular flexibility index (Phi) is 3.83. The summed E-state index contributed by atoms with van der Waals surface area (Å²) < 4.78 is 14.7. The number of hydrogen-bond donors (Lipinski definition) is 1. The summed E-state index contributed by atoms with van der Waals surface area (Å²) in [5, 5.41) is 2.76. The highest BCUT2D eigenvalue weighted by molar-refractivity contribution is 9.10. The average molecular weight is 361 g/mol. The molecule has 0 unspecified atom stereocenters. The Morgan fingerprint density at radius 2 is 2.05 bits per heavy atom. The van der Waals surface area contributed by atoms with Crippen LogP contribution in [0.15, 0.2) is 39.8 Å². The lowest BCUT2D eigenvalue weighted by Gasteiger charge is -2.11. The highest BCUT2D eigenvalue weighted by Crippen LogP contribution is 2.25. The highest BCUT2D eigenvalue weighted by atomic mass is 79.9. The molecule has 0 radical (unpaired) electrons. The summed E-state index contributed by atoms with van der Waals surface area (Å²) in [6, 6.07) is 8.51. The van der Waals surface area contributed by atoms with Gasteiger partial charge in [0, 0.05) is 21.4 Å². The van der Waals surface area contributed by atoms with Crippen molar-refractivity contribution in [1.29, 1.82) is 0 Å². The van der Waals surface area contributed by atoms with Gasteiger partial charge in [-0.2, -0.15) is 0 Å². The Balaban J connectivity index is 1.92. The van der Waals surface area contributed by atoms with E-state index in [0.717, 1.165) is 16.8 Å². The van der Waals surface area contributed by atoms with Crippen molar-refractivity contribution in [3.05, 3.63) is 62.9 Å². The zero-order valence-corrected chi connectivity index (χ0v) is 13.8. The van der Waals surface area contributed by atoms with Crippen LogP contribution in [0.25, 0.3) is 0 Å². The summed E-state index contributed by atoms with van der Waals surface area (Å²) in [5.41, 5.74) is 4.40. The van der Waals surface area contributed by atoms with Crippen LogP contribution in [0, 0.1) is 12.7 Å². The molecule has 0 spiro atoms. The first-order valence-corrected chi connectivity index (χ1v) is 7.67. The third kappa shape index (κ3) is 2.57. The zero-order valence-electron chi connectivity index (χ0n) is 12.2. The molecule has 112 valence electrons. The Bertz CT molecular complexity index is 815. The number of benzene rings is 2. The minimum Gasteiger partial charge on any atom is -0.322 e. The smallest absolute Gasteiger partial charge is 0.258 e. The van der Waals surface area contributed by atoms with Gasteiger partial charge in [0.2, 0.25) is 0 Å². The van der Waals surface area contributed by atoms with Gasteiger partial charge in [0.15, 0.2) is 0 Å². The molecule has 0 aliphatic carbocycles. The van der Waals surface area contributed by atoms with Crippen LogP contribution < -0.4 is 5.32 Å². The minimum absolute atomic E-state index is 0.0558. The summed E-state index contributed by atoms with van der Waals surface area (Å²) in [6.07, 6.45) is 0. The van der Waals surface area contributed by atoms with Crippen molar-refractivity contribution in [3.63, 3.8) is 0 Å². The van der Waals surface area contributed by atoms with Gasteiger partial charge in [-0.15, -0.1) is 0 Å². The topological polar surface area (TPSA) is 41.5 Å². The second-order valence-electron chi connectivity index (χ2n) is 5.26. The first-order chi connectivity index (χ1) is 10.5. The largest absolute Gasteiger partial charge is 0.322 e. The predicted molar refractivity (Wildman–Crippen MR) is 89.1 cm³/mol. The number of rotatable bonds is 2. The molecule has 3 nitrogen and oxygen atoms in total. The lowest BCUT2D eigenvalue weighted by atomic mass is 10.0. The van der Waals surface area contributed by atoms with Gasteiger partial charge in [-0.3, -0.25) is 9.79 Å². The van der Waals surface area contributed by atoms with Crippen LogP contribution in [-0.2, 0) is 6.54 Å². The Hall–Kier alpha value is -2.01. The minimum atomic E-state index is -0.530. The maximum atomic E-state index is 14.0. The molecular weight excluding hydrogens is 347 g/mol. The van der Waals surface area contributed by atoms with Crippen molar-refractivity contribution < 1.29 is 9.18 Å². The first kappa shape index (κ1) is 14.9. The molecule has 1 N–H and O–H groups in total. The van der Waals surface area contributed by atoms with Gasteiger partial charge in [-0.1, -0.05) is 22.0 Å². The van der Waals surface area contributed by atoms with E-state index in [0.29, 0.717) is 22.3 Å². The van der Waals surface area contributed by atoms with Crippen LogP contribution in [0.5, 0.6) is 0 Å². The van der Waals surface area contributed by atoms with Crippen molar-refractivity contribution in [2.45, 2.75) is 20.4 Å².